The third kappa shape index (κ3) is 6.16. The fraction of sp³-hybridized carbons (Fsp3) is 0.375. The van der Waals surface area contributed by atoms with E-state index in [0.29, 0.717) is 24.8 Å². The van der Waals surface area contributed by atoms with Gasteiger partial charge in [0.25, 0.3) is 0 Å². The van der Waals surface area contributed by atoms with Crippen molar-refractivity contribution in [2.45, 2.75) is 44.7 Å². The third-order valence-corrected chi connectivity index (χ3v) is 7.76. The van der Waals surface area contributed by atoms with Crippen LogP contribution in [-0.4, -0.2) is 38.0 Å². The first-order valence-corrected chi connectivity index (χ1v) is 12.8. The molecule has 0 bridgehead atoms. The summed E-state index contributed by atoms with van der Waals surface area (Å²) in [7, 11) is -2.10. The van der Waals surface area contributed by atoms with Gasteiger partial charge in [0.05, 0.1) is 23.7 Å². The van der Waals surface area contributed by atoms with E-state index in [1.807, 2.05) is 30.5 Å². The minimum atomic E-state index is -3.66. The van der Waals surface area contributed by atoms with E-state index < -0.39 is 10.0 Å². The standard InChI is InChI=1S/C24H30N2O4S2/c1-18(2)22-7-5-6-8-23(22)30-16-24-25-20(17-31-24)15-26(13-14-29-4)32(27,28)21-11-9-19(3)10-12-21/h5-12,17-18H,13-16H2,1-4H3. The minimum Gasteiger partial charge on any atom is -0.486 e. The van der Waals surface area contributed by atoms with Crippen molar-refractivity contribution in [2.24, 2.45) is 0 Å². The first-order chi connectivity index (χ1) is 15.3. The van der Waals surface area contributed by atoms with Crippen molar-refractivity contribution >= 4 is 21.4 Å². The summed E-state index contributed by atoms with van der Waals surface area (Å²) >= 11 is 1.47. The van der Waals surface area contributed by atoms with E-state index >= 15 is 0 Å². The maximum absolute atomic E-state index is 13.2. The molecule has 2 aromatic carbocycles. The molecule has 1 aromatic heterocycles. The van der Waals surface area contributed by atoms with E-state index in [2.05, 4.69) is 24.9 Å². The highest BCUT2D eigenvalue weighted by Gasteiger charge is 2.25. The van der Waals surface area contributed by atoms with Gasteiger partial charge in [0.1, 0.15) is 17.4 Å². The van der Waals surface area contributed by atoms with Gasteiger partial charge in [0, 0.05) is 19.0 Å². The van der Waals surface area contributed by atoms with Crippen LogP contribution in [0.2, 0.25) is 0 Å². The normalized spacial score (nSPS) is 11.9. The summed E-state index contributed by atoms with van der Waals surface area (Å²) in [6.07, 6.45) is 0. The molecule has 3 aromatic rings. The highest BCUT2D eigenvalue weighted by atomic mass is 32.2. The molecule has 0 aliphatic heterocycles. The highest BCUT2D eigenvalue weighted by molar-refractivity contribution is 7.89. The Hall–Kier alpha value is -2.26. The molecule has 0 atom stereocenters. The van der Waals surface area contributed by atoms with Crippen molar-refractivity contribution in [3.05, 3.63) is 75.7 Å². The number of aromatic nitrogens is 1. The lowest BCUT2D eigenvalue weighted by molar-refractivity contribution is 0.177. The molecule has 3 rings (SSSR count). The second-order valence-electron chi connectivity index (χ2n) is 7.86. The average Bonchev–Trinajstić information content (AvgIpc) is 3.23. The zero-order valence-corrected chi connectivity index (χ0v) is 20.6. The number of hydrogen-bond acceptors (Lipinski definition) is 6. The molecule has 0 radical (unpaired) electrons. The lowest BCUT2D eigenvalue weighted by atomic mass is 10.0. The Kier molecular flexibility index (Phi) is 8.42. The molecule has 0 unspecified atom stereocenters. The maximum Gasteiger partial charge on any atom is 0.243 e. The number of para-hydroxylation sites is 1. The van der Waals surface area contributed by atoms with E-state index in [4.69, 9.17) is 9.47 Å². The summed E-state index contributed by atoms with van der Waals surface area (Å²) in [5.41, 5.74) is 2.85. The molecule has 0 N–H and O–H groups in total. The first kappa shape index (κ1) is 24.4. The van der Waals surface area contributed by atoms with Gasteiger partial charge in [-0.2, -0.15) is 4.31 Å². The number of aryl methyl sites for hydroxylation is 1. The molecule has 172 valence electrons. The van der Waals surface area contributed by atoms with Crippen LogP contribution in [0.4, 0.5) is 0 Å². The zero-order chi connectivity index (χ0) is 23.1. The highest BCUT2D eigenvalue weighted by Crippen LogP contribution is 2.27. The van der Waals surface area contributed by atoms with Crippen molar-refractivity contribution in [3.63, 3.8) is 0 Å². The van der Waals surface area contributed by atoms with Crippen LogP contribution in [0.3, 0.4) is 0 Å². The minimum absolute atomic E-state index is 0.179. The van der Waals surface area contributed by atoms with E-state index in [9.17, 15) is 8.42 Å². The van der Waals surface area contributed by atoms with Crippen molar-refractivity contribution in [2.75, 3.05) is 20.3 Å². The fourth-order valence-corrected chi connectivity index (χ4v) is 5.33. The molecule has 0 saturated heterocycles. The van der Waals surface area contributed by atoms with Crippen LogP contribution in [-0.2, 0) is 27.9 Å². The molecule has 0 fully saturated rings. The van der Waals surface area contributed by atoms with Gasteiger partial charge in [-0.05, 0) is 36.6 Å². The number of thiazole rings is 1. The number of nitrogens with zero attached hydrogens (tertiary/aromatic N) is 2. The molecule has 8 heteroatoms. The molecular weight excluding hydrogens is 444 g/mol. The summed E-state index contributed by atoms with van der Waals surface area (Å²) in [6.45, 7) is 7.27. The van der Waals surface area contributed by atoms with Crippen LogP contribution in [0, 0.1) is 6.92 Å². The van der Waals surface area contributed by atoms with Gasteiger partial charge in [-0.15, -0.1) is 11.3 Å². The first-order valence-electron chi connectivity index (χ1n) is 10.5. The average molecular weight is 475 g/mol. The summed E-state index contributed by atoms with van der Waals surface area (Å²) in [6, 6.07) is 14.9. The van der Waals surface area contributed by atoms with Crippen molar-refractivity contribution in [1.29, 1.82) is 0 Å². The Labute approximate surface area is 194 Å². The summed E-state index contributed by atoms with van der Waals surface area (Å²) in [5.74, 6) is 1.21. The van der Waals surface area contributed by atoms with Crippen LogP contribution in [0.15, 0.2) is 58.8 Å². The Morgan fingerprint density at radius 1 is 1.09 bits per heavy atom. The van der Waals surface area contributed by atoms with Crippen LogP contribution < -0.4 is 4.74 Å². The fourth-order valence-electron chi connectivity index (χ4n) is 3.23. The molecule has 0 amide bonds. The van der Waals surface area contributed by atoms with Gasteiger partial charge in [0.2, 0.25) is 10.0 Å². The maximum atomic E-state index is 13.2. The van der Waals surface area contributed by atoms with E-state index in [1.54, 1.807) is 31.4 Å². The molecule has 0 saturated carbocycles. The van der Waals surface area contributed by atoms with Gasteiger partial charge in [-0.3, -0.25) is 0 Å². The number of sulfonamides is 1. The number of methoxy groups -OCH3 is 1. The molecule has 1 heterocycles. The Morgan fingerprint density at radius 3 is 2.50 bits per heavy atom. The Bertz CT molecular complexity index is 1110. The summed E-state index contributed by atoms with van der Waals surface area (Å²) < 4.78 is 39.0. The molecule has 0 aliphatic rings. The quantitative estimate of drug-likeness (QED) is 0.392. The van der Waals surface area contributed by atoms with Crippen LogP contribution in [0.5, 0.6) is 5.75 Å². The number of rotatable bonds is 11. The van der Waals surface area contributed by atoms with Gasteiger partial charge >= 0.3 is 0 Å². The van der Waals surface area contributed by atoms with Crippen LogP contribution in [0.1, 0.15) is 41.6 Å². The van der Waals surface area contributed by atoms with Crippen molar-refractivity contribution in [3.8, 4) is 5.75 Å². The Balaban J connectivity index is 1.72. The van der Waals surface area contributed by atoms with Gasteiger partial charge < -0.3 is 9.47 Å². The number of ether oxygens (including phenoxy) is 2. The molecular formula is C24H30N2O4S2. The topological polar surface area (TPSA) is 68.7 Å². The smallest absolute Gasteiger partial charge is 0.243 e. The zero-order valence-electron chi connectivity index (χ0n) is 18.9. The van der Waals surface area contributed by atoms with Crippen molar-refractivity contribution in [1.82, 2.24) is 9.29 Å². The van der Waals surface area contributed by atoms with E-state index in [1.165, 1.54) is 15.6 Å². The largest absolute Gasteiger partial charge is 0.486 e. The van der Waals surface area contributed by atoms with E-state index in [-0.39, 0.29) is 18.0 Å². The monoisotopic (exact) mass is 474 g/mol. The third-order valence-electron chi connectivity index (χ3n) is 5.03. The van der Waals surface area contributed by atoms with Crippen molar-refractivity contribution < 1.29 is 17.9 Å². The molecule has 32 heavy (non-hydrogen) atoms. The predicted molar refractivity (Wildman–Crippen MR) is 128 cm³/mol. The van der Waals surface area contributed by atoms with Crippen LogP contribution >= 0.6 is 11.3 Å². The second-order valence-corrected chi connectivity index (χ2v) is 10.7. The summed E-state index contributed by atoms with van der Waals surface area (Å²) in [5, 5.41) is 2.69. The molecule has 0 spiro atoms. The molecule has 6 nitrogen and oxygen atoms in total. The number of hydrogen-bond donors (Lipinski definition) is 0. The molecule has 0 aliphatic carbocycles. The Morgan fingerprint density at radius 2 is 1.81 bits per heavy atom. The van der Waals surface area contributed by atoms with Gasteiger partial charge in [0.15, 0.2) is 0 Å². The second kappa shape index (κ2) is 11.0. The number of benzene rings is 2. The lowest BCUT2D eigenvalue weighted by Gasteiger charge is -2.21. The van der Waals surface area contributed by atoms with Crippen LogP contribution in [0.25, 0.3) is 0 Å². The van der Waals surface area contributed by atoms with E-state index in [0.717, 1.165) is 21.9 Å². The van der Waals surface area contributed by atoms with Gasteiger partial charge in [-0.25, -0.2) is 13.4 Å². The summed E-state index contributed by atoms with van der Waals surface area (Å²) in [4.78, 5) is 4.88. The SMILES string of the molecule is COCCN(Cc1csc(COc2ccccc2C(C)C)n1)S(=O)(=O)c1ccc(C)cc1. The van der Waals surface area contributed by atoms with Gasteiger partial charge in [-0.1, -0.05) is 49.7 Å². The lowest BCUT2D eigenvalue weighted by Crippen LogP contribution is -2.33. The predicted octanol–water partition coefficient (Wildman–Crippen LogP) is 4.99.